The van der Waals surface area contributed by atoms with E-state index in [1.165, 1.54) is 47.1 Å². The maximum Gasteiger partial charge on any atom is 0.268 e. The zero-order valence-corrected chi connectivity index (χ0v) is 28.4. The lowest BCUT2D eigenvalue weighted by molar-refractivity contribution is -0.111. The zero-order valence-electron chi connectivity index (χ0n) is 26.8. The van der Waals surface area contributed by atoms with E-state index in [4.69, 9.17) is 18.9 Å². The number of nitrogens with zero attached hydrogens (tertiary/aromatic N) is 3. The number of sulfonamides is 2. The number of morpholine rings is 2. The number of carbonyl (C=O) groups excluding carboxylic acids is 1. The molecule has 256 valence electrons. The van der Waals surface area contributed by atoms with E-state index < -0.39 is 26.0 Å². The third kappa shape index (κ3) is 6.73. The standard InChI is InChI=1S/C33H38N4O9S2/c1-43-30-21-24(22-31(33(30)44-2)48(41,42)37-12-11-25-5-3-4-6-28(25)37)7-10-32(38)34-27-23-26(47(39,40)36-15-19-46-20-16-36)8-9-29(27)35-13-17-45-18-14-35/h3-10,21-23H,11-20H2,1-2H3,(H,34,38)/b10-7+. The van der Waals surface area contributed by atoms with Crippen LogP contribution in [0.25, 0.3) is 6.08 Å². The minimum Gasteiger partial charge on any atom is -0.493 e. The molecule has 0 unspecified atom stereocenters. The molecule has 3 aromatic rings. The Balaban J connectivity index is 1.30. The fourth-order valence-corrected chi connectivity index (χ4v) is 9.20. The molecule has 0 aliphatic carbocycles. The summed E-state index contributed by atoms with van der Waals surface area (Å²) in [7, 11) is -5.12. The summed E-state index contributed by atoms with van der Waals surface area (Å²) in [5.74, 6) is -0.309. The van der Waals surface area contributed by atoms with E-state index in [0.717, 1.165) is 5.56 Å². The largest absolute Gasteiger partial charge is 0.493 e. The van der Waals surface area contributed by atoms with E-state index >= 15 is 0 Å². The number of nitrogens with one attached hydrogen (secondary N) is 1. The molecular formula is C33H38N4O9S2. The maximum atomic E-state index is 14.0. The van der Waals surface area contributed by atoms with Gasteiger partial charge < -0.3 is 29.2 Å². The third-order valence-electron chi connectivity index (χ3n) is 8.49. The number of fused-ring (bicyclic) bond motifs is 1. The van der Waals surface area contributed by atoms with E-state index in [1.807, 2.05) is 17.0 Å². The first-order chi connectivity index (χ1) is 23.1. The SMILES string of the molecule is COc1cc(/C=C/C(=O)Nc2cc(S(=O)(=O)N3CCOCC3)ccc2N2CCOCC2)cc(S(=O)(=O)N2CCc3ccccc32)c1OC. The number of anilines is 3. The predicted molar refractivity (Wildman–Crippen MR) is 181 cm³/mol. The number of amides is 1. The number of benzene rings is 3. The summed E-state index contributed by atoms with van der Waals surface area (Å²) in [6.45, 7) is 3.51. The second-order valence-electron chi connectivity index (χ2n) is 11.3. The van der Waals surface area contributed by atoms with Crippen LogP contribution < -0.4 is 24.0 Å². The summed E-state index contributed by atoms with van der Waals surface area (Å²) in [5.41, 5.74) is 2.90. The Morgan fingerprint density at radius 2 is 1.52 bits per heavy atom. The highest BCUT2D eigenvalue weighted by molar-refractivity contribution is 7.93. The Morgan fingerprint density at radius 3 is 2.23 bits per heavy atom. The summed E-state index contributed by atoms with van der Waals surface area (Å²) in [4.78, 5) is 15.4. The molecular weight excluding hydrogens is 661 g/mol. The molecule has 6 rings (SSSR count). The lowest BCUT2D eigenvalue weighted by atomic mass is 10.1. The van der Waals surface area contributed by atoms with Crippen LogP contribution in [-0.2, 0) is 40.7 Å². The molecule has 13 nitrogen and oxygen atoms in total. The lowest BCUT2D eigenvalue weighted by Crippen LogP contribution is -2.40. The van der Waals surface area contributed by atoms with Crippen LogP contribution in [0.4, 0.5) is 17.1 Å². The van der Waals surface area contributed by atoms with Gasteiger partial charge in [0.15, 0.2) is 11.5 Å². The van der Waals surface area contributed by atoms with Crippen molar-refractivity contribution in [1.29, 1.82) is 0 Å². The van der Waals surface area contributed by atoms with Gasteiger partial charge in [0.1, 0.15) is 4.90 Å². The van der Waals surface area contributed by atoms with Crippen molar-refractivity contribution in [2.75, 3.05) is 87.9 Å². The summed E-state index contributed by atoms with van der Waals surface area (Å²) < 4.78 is 79.4. The number of hydrogen-bond acceptors (Lipinski definition) is 10. The number of para-hydroxylation sites is 1. The van der Waals surface area contributed by atoms with Crippen LogP contribution >= 0.6 is 0 Å². The van der Waals surface area contributed by atoms with E-state index in [9.17, 15) is 21.6 Å². The van der Waals surface area contributed by atoms with Crippen molar-refractivity contribution in [2.24, 2.45) is 0 Å². The normalized spacial score (nSPS) is 17.4. The van der Waals surface area contributed by atoms with Gasteiger partial charge in [0.2, 0.25) is 15.9 Å². The fraction of sp³-hybridized carbons (Fsp3) is 0.364. The van der Waals surface area contributed by atoms with Crippen LogP contribution in [0.5, 0.6) is 11.5 Å². The van der Waals surface area contributed by atoms with Crippen molar-refractivity contribution < 1.29 is 40.6 Å². The molecule has 1 N–H and O–H groups in total. The van der Waals surface area contributed by atoms with Crippen LogP contribution in [0.1, 0.15) is 11.1 Å². The second kappa shape index (κ2) is 14.1. The van der Waals surface area contributed by atoms with Gasteiger partial charge in [0.25, 0.3) is 10.0 Å². The van der Waals surface area contributed by atoms with Crippen molar-refractivity contribution >= 4 is 49.1 Å². The van der Waals surface area contributed by atoms with Gasteiger partial charge in [-0.05, 0) is 60.0 Å². The fourth-order valence-electron chi connectivity index (χ4n) is 6.05. The molecule has 1 amide bonds. The molecule has 2 saturated heterocycles. The Labute approximate surface area is 280 Å². The van der Waals surface area contributed by atoms with Crippen molar-refractivity contribution in [3.05, 3.63) is 71.8 Å². The Hall–Kier alpha value is -4.15. The van der Waals surface area contributed by atoms with Crippen LogP contribution in [0, 0.1) is 0 Å². The molecule has 3 aliphatic rings. The minimum atomic E-state index is -4.07. The minimum absolute atomic E-state index is 0.0527. The molecule has 0 aromatic heterocycles. The summed E-state index contributed by atoms with van der Waals surface area (Å²) >= 11 is 0. The Bertz CT molecular complexity index is 1920. The lowest BCUT2D eigenvalue weighted by Gasteiger charge is -2.31. The number of rotatable bonds is 10. The van der Waals surface area contributed by atoms with E-state index in [0.29, 0.717) is 68.6 Å². The first-order valence-corrected chi connectivity index (χ1v) is 18.4. The highest BCUT2D eigenvalue weighted by Gasteiger charge is 2.34. The Kier molecular flexibility index (Phi) is 9.94. The van der Waals surface area contributed by atoms with E-state index in [1.54, 1.807) is 30.3 Å². The van der Waals surface area contributed by atoms with Gasteiger partial charge in [-0.3, -0.25) is 9.10 Å². The van der Waals surface area contributed by atoms with Gasteiger partial charge in [-0.15, -0.1) is 0 Å². The second-order valence-corrected chi connectivity index (χ2v) is 15.1. The molecule has 3 aliphatic heterocycles. The van der Waals surface area contributed by atoms with Crippen LogP contribution in [-0.4, -0.2) is 100 Å². The Morgan fingerprint density at radius 1 is 0.812 bits per heavy atom. The topological polar surface area (TPSA) is 144 Å². The first kappa shape index (κ1) is 33.7. The molecule has 0 radical (unpaired) electrons. The average Bonchev–Trinajstić information content (AvgIpc) is 3.56. The molecule has 0 spiro atoms. The number of hydrogen-bond donors (Lipinski definition) is 1. The molecule has 15 heteroatoms. The zero-order chi connectivity index (χ0) is 33.9. The van der Waals surface area contributed by atoms with Crippen LogP contribution in [0.2, 0.25) is 0 Å². The van der Waals surface area contributed by atoms with E-state index in [2.05, 4.69) is 5.32 Å². The summed E-state index contributed by atoms with van der Waals surface area (Å²) in [6.07, 6.45) is 3.31. The third-order valence-corrected chi connectivity index (χ3v) is 12.2. The van der Waals surface area contributed by atoms with Crippen molar-refractivity contribution in [2.45, 2.75) is 16.2 Å². The van der Waals surface area contributed by atoms with Crippen molar-refractivity contribution in [1.82, 2.24) is 4.31 Å². The van der Waals surface area contributed by atoms with Crippen molar-refractivity contribution in [3.8, 4) is 11.5 Å². The van der Waals surface area contributed by atoms with Crippen LogP contribution in [0.3, 0.4) is 0 Å². The monoisotopic (exact) mass is 698 g/mol. The maximum absolute atomic E-state index is 14.0. The molecule has 0 saturated carbocycles. The molecule has 3 aromatic carbocycles. The smallest absolute Gasteiger partial charge is 0.268 e. The average molecular weight is 699 g/mol. The van der Waals surface area contributed by atoms with Crippen molar-refractivity contribution in [3.63, 3.8) is 0 Å². The van der Waals surface area contributed by atoms with Gasteiger partial charge in [0, 0.05) is 38.8 Å². The van der Waals surface area contributed by atoms with Gasteiger partial charge in [-0.1, -0.05) is 18.2 Å². The predicted octanol–water partition coefficient (Wildman–Crippen LogP) is 2.96. The molecule has 48 heavy (non-hydrogen) atoms. The number of ether oxygens (including phenoxy) is 4. The number of methoxy groups -OCH3 is 2. The summed E-state index contributed by atoms with van der Waals surface area (Å²) in [6, 6.07) is 15.1. The van der Waals surface area contributed by atoms with Gasteiger partial charge >= 0.3 is 0 Å². The number of carbonyl (C=O) groups is 1. The summed E-state index contributed by atoms with van der Waals surface area (Å²) in [5, 5.41) is 2.85. The molecule has 2 fully saturated rings. The van der Waals surface area contributed by atoms with Crippen LogP contribution in [0.15, 0.2) is 70.5 Å². The molecule has 0 bridgehead atoms. The van der Waals surface area contributed by atoms with Gasteiger partial charge in [-0.2, -0.15) is 4.31 Å². The van der Waals surface area contributed by atoms with Gasteiger partial charge in [0.05, 0.1) is 62.6 Å². The highest BCUT2D eigenvalue weighted by atomic mass is 32.2. The van der Waals surface area contributed by atoms with Gasteiger partial charge in [-0.25, -0.2) is 16.8 Å². The molecule has 3 heterocycles. The molecule has 0 atom stereocenters. The highest BCUT2D eigenvalue weighted by Crippen LogP contribution is 2.41. The first-order valence-electron chi connectivity index (χ1n) is 15.5. The quantitative estimate of drug-likeness (QED) is 0.314. The van der Waals surface area contributed by atoms with E-state index in [-0.39, 0.29) is 40.9 Å².